The Hall–Kier alpha value is -1.12. The highest BCUT2D eigenvalue weighted by molar-refractivity contribution is 5.79. The number of amides is 1. The lowest BCUT2D eigenvalue weighted by Crippen LogP contribution is -2.62. The summed E-state index contributed by atoms with van der Waals surface area (Å²) in [5, 5.41) is 21.4. The van der Waals surface area contributed by atoms with Gasteiger partial charge in [-0.25, -0.2) is 0 Å². The molecule has 5 heteroatoms. The Morgan fingerprint density at radius 3 is 2.53 bits per heavy atom. The van der Waals surface area contributed by atoms with E-state index in [2.05, 4.69) is 11.4 Å². The molecule has 0 radical (unpaired) electrons. The Bertz CT molecular complexity index is 338. The molecule has 1 atom stereocenters. The highest BCUT2D eigenvalue weighted by Crippen LogP contribution is 2.19. The molecule has 0 spiro atoms. The highest BCUT2D eigenvalue weighted by atomic mass is 16.3. The van der Waals surface area contributed by atoms with Crippen molar-refractivity contribution in [3.63, 3.8) is 0 Å². The normalized spacial score (nSPS) is 22.4. The molecule has 1 rings (SSSR count). The molecule has 0 aromatic rings. The van der Waals surface area contributed by atoms with Crippen molar-refractivity contribution in [2.24, 2.45) is 5.92 Å². The fourth-order valence-electron chi connectivity index (χ4n) is 1.86. The molecule has 1 unspecified atom stereocenters. The lowest BCUT2D eigenvalue weighted by Gasteiger charge is -2.44. The van der Waals surface area contributed by atoms with E-state index in [1.165, 1.54) is 0 Å². The van der Waals surface area contributed by atoms with E-state index < -0.39 is 11.1 Å². The Labute approximate surface area is 102 Å². The van der Waals surface area contributed by atoms with Crippen LogP contribution in [0.2, 0.25) is 0 Å². The first-order valence-electron chi connectivity index (χ1n) is 5.85. The molecule has 0 aromatic carbocycles. The van der Waals surface area contributed by atoms with Gasteiger partial charge in [-0.2, -0.15) is 5.26 Å². The molecule has 0 aliphatic carbocycles. The van der Waals surface area contributed by atoms with E-state index in [1.807, 2.05) is 18.7 Å². The average Bonchev–Trinajstić information content (AvgIpc) is 2.14. The van der Waals surface area contributed by atoms with Crippen LogP contribution < -0.4 is 5.32 Å². The monoisotopic (exact) mass is 239 g/mol. The van der Waals surface area contributed by atoms with Gasteiger partial charge in [-0.1, -0.05) is 13.8 Å². The van der Waals surface area contributed by atoms with E-state index in [0.717, 1.165) is 0 Å². The molecule has 0 saturated carbocycles. The minimum Gasteiger partial charge on any atom is -0.388 e. The molecule has 1 amide bonds. The van der Waals surface area contributed by atoms with Gasteiger partial charge in [-0.3, -0.25) is 9.69 Å². The third-order valence-corrected chi connectivity index (χ3v) is 3.28. The van der Waals surface area contributed by atoms with Crippen molar-refractivity contribution >= 4 is 5.91 Å². The summed E-state index contributed by atoms with van der Waals surface area (Å²) in [6.45, 7) is 8.52. The fraction of sp³-hybridized carbons (Fsp3) is 0.833. The molecule has 5 nitrogen and oxygen atoms in total. The molecule has 2 N–H and O–H groups in total. The lowest BCUT2D eigenvalue weighted by molar-refractivity contribution is -0.131. The zero-order valence-electron chi connectivity index (χ0n) is 10.9. The van der Waals surface area contributed by atoms with Gasteiger partial charge in [0.15, 0.2) is 0 Å². The fourth-order valence-corrected chi connectivity index (χ4v) is 1.86. The van der Waals surface area contributed by atoms with Crippen LogP contribution in [0, 0.1) is 17.2 Å². The topological polar surface area (TPSA) is 76.4 Å². The second-order valence-electron chi connectivity index (χ2n) is 5.66. The van der Waals surface area contributed by atoms with Crippen molar-refractivity contribution in [3.8, 4) is 6.07 Å². The van der Waals surface area contributed by atoms with E-state index >= 15 is 0 Å². The van der Waals surface area contributed by atoms with Crippen molar-refractivity contribution in [2.75, 3.05) is 19.6 Å². The maximum atomic E-state index is 11.8. The van der Waals surface area contributed by atoms with Crippen molar-refractivity contribution in [2.45, 2.75) is 38.8 Å². The maximum Gasteiger partial charge on any atom is 0.235 e. The van der Waals surface area contributed by atoms with Gasteiger partial charge in [0.1, 0.15) is 5.54 Å². The second kappa shape index (κ2) is 4.63. The number of hydrogen-bond donors (Lipinski definition) is 2. The molecule has 96 valence electrons. The van der Waals surface area contributed by atoms with Crippen LogP contribution in [0.15, 0.2) is 0 Å². The third kappa shape index (κ3) is 3.42. The van der Waals surface area contributed by atoms with E-state index in [1.54, 1.807) is 13.8 Å². The first-order chi connectivity index (χ1) is 7.68. The summed E-state index contributed by atoms with van der Waals surface area (Å²) in [6.07, 6.45) is 0. The highest BCUT2D eigenvalue weighted by Gasteiger charge is 2.38. The lowest BCUT2D eigenvalue weighted by atomic mass is 9.90. The molecule has 1 fully saturated rings. The van der Waals surface area contributed by atoms with E-state index in [9.17, 15) is 9.90 Å². The van der Waals surface area contributed by atoms with Crippen molar-refractivity contribution < 1.29 is 9.90 Å². The minimum absolute atomic E-state index is 0.0518. The summed E-state index contributed by atoms with van der Waals surface area (Å²) >= 11 is 0. The number of nitrogens with zero attached hydrogens (tertiary/aromatic N) is 2. The van der Waals surface area contributed by atoms with Crippen LogP contribution in [0.3, 0.4) is 0 Å². The van der Waals surface area contributed by atoms with Gasteiger partial charge in [-0.05, 0) is 19.8 Å². The Kier molecular flexibility index (Phi) is 3.80. The minimum atomic E-state index is -0.829. The first-order valence-corrected chi connectivity index (χ1v) is 5.85. The predicted molar refractivity (Wildman–Crippen MR) is 64.1 cm³/mol. The summed E-state index contributed by atoms with van der Waals surface area (Å²) in [5.74, 6) is -0.116. The number of nitrogens with one attached hydrogen (secondary N) is 1. The molecule has 0 aromatic heterocycles. The summed E-state index contributed by atoms with van der Waals surface area (Å²) in [5.41, 5.74) is -1.50. The first kappa shape index (κ1) is 13.9. The average molecular weight is 239 g/mol. The van der Waals surface area contributed by atoms with Crippen molar-refractivity contribution in [1.29, 1.82) is 5.26 Å². The molecule has 1 saturated heterocycles. The van der Waals surface area contributed by atoms with Crippen LogP contribution in [-0.2, 0) is 4.79 Å². The number of likely N-dealkylation sites (tertiary alicyclic amines) is 1. The van der Waals surface area contributed by atoms with Gasteiger partial charge in [0.2, 0.25) is 5.91 Å². The number of hydrogen-bond acceptors (Lipinski definition) is 4. The molecule has 1 aliphatic rings. The summed E-state index contributed by atoms with van der Waals surface area (Å²) < 4.78 is 0. The van der Waals surface area contributed by atoms with Gasteiger partial charge < -0.3 is 10.4 Å². The summed E-state index contributed by atoms with van der Waals surface area (Å²) in [7, 11) is 0. The second-order valence-corrected chi connectivity index (χ2v) is 5.66. The molecular formula is C12H21N3O2. The number of carbonyl (C=O) groups is 1. The van der Waals surface area contributed by atoms with Gasteiger partial charge in [0.05, 0.1) is 18.2 Å². The standard InChI is InChI=1S/C12H21N3O2/c1-9(2)12(4,6-13)14-10(16)5-15-7-11(3,17)8-15/h9,17H,5,7-8H2,1-4H3,(H,14,16). The maximum absolute atomic E-state index is 11.8. The van der Waals surface area contributed by atoms with Crippen LogP contribution >= 0.6 is 0 Å². The van der Waals surface area contributed by atoms with Crippen LogP contribution in [0.4, 0.5) is 0 Å². The third-order valence-electron chi connectivity index (χ3n) is 3.28. The number of nitriles is 1. The summed E-state index contributed by atoms with van der Waals surface area (Å²) in [6, 6.07) is 2.13. The van der Waals surface area contributed by atoms with Crippen LogP contribution in [0.5, 0.6) is 0 Å². The van der Waals surface area contributed by atoms with Crippen molar-refractivity contribution in [3.05, 3.63) is 0 Å². The van der Waals surface area contributed by atoms with Gasteiger partial charge in [-0.15, -0.1) is 0 Å². The van der Waals surface area contributed by atoms with Gasteiger partial charge >= 0.3 is 0 Å². The zero-order valence-corrected chi connectivity index (χ0v) is 10.9. The Balaban J connectivity index is 2.43. The summed E-state index contributed by atoms with van der Waals surface area (Å²) in [4.78, 5) is 13.6. The number of β-amino-alcohol motifs (C(OH)–C–C–N with tert-alkyl or cyclic N) is 1. The Morgan fingerprint density at radius 1 is 1.65 bits per heavy atom. The van der Waals surface area contributed by atoms with Gasteiger partial charge in [0.25, 0.3) is 0 Å². The molecule has 1 aliphatic heterocycles. The number of carbonyl (C=O) groups excluding carboxylic acids is 1. The number of rotatable bonds is 4. The van der Waals surface area contributed by atoms with Crippen LogP contribution in [0.25, 0.3) is 0 Å². The van der Waals surface area contributed by atoms with Crippen molar-refractivity contribution in [1.82, 2.24) is 10.2 Å². The molecule has 17 heavy (non-hydrogen) atoms. The quantitative estimate of drug-likeness (QED) is 0.730. The molecule has 0 bridgehead atoms. The van der Waals surface area contributed by atoms with E-state index in [-0.39, 0.29) is 18.4 Å². The molecular weight excluding hydrogens is 218 g/mol. The molecule has 1 heterocycles. The Morgan fingerprint density at radius 2 is 2.18 bits per heavy atom. The van der Waals surface area contributed by atoms with Crippen LogP contribution in [0.1, 0.15) is 27.7 Å². The van der Waals surface area contributed by atoms with Gasteiger partial charge in [0, 0.05) is 13.1 Å². The predicted octanol–water partition coefficient (Wildman–Crippen LogP) is 0.107. The van der Waals surface area contributed by atoms with Crippen LogP contribution in [-0.4, -0.2) is 46.7 Å². The zero-order chi connectivity index (χ0) is 13.3. The largest absolute Gasteiger partial charge is 0.388 e. The van der Waals surface area contributed by atoms with E-state index in [4.69, 9.17) is 5.26 Å². The van der Waals surface area contributed by atoms with E-state index in [0.29, 0.717) is 13.1 Å². The smallest absolute Gasteiger partial charge is 0.235 e. The SMILES string of the molecule is CC(C)C(C)(C#N)NC(=O)CN1CC(C)(O)C1. The number of aliphatic hydroxyl groups is 1.